The van der Waals surface area contributed by atoms with Gasteiger partial charge < -0.3 is 5.32 Å². The van der Waals surface area contributed by atoms with E-state index in [2.05, 4.69) is 65.5 Å². The number of fused-ring (bicyclic) bond motifs is 1. The Kier molecular flexibility index (Phi) is 3.36. The molecular weight excluding hydrogens is 250 g/mol. The van der Waals surface area contributed by atoms with Crippen LogP contribution in [-0.4, -0.2) is 7.05 Å². The summed E-state index contributed by atoms with van der Waals surface area (Å²) in [6.45, 7) is 2.17. The van der Waals surface area contributed by atoms with Crippen molar-refractivity contribution in [1.82, 2.24) is 5.32 Å². The number of hydrogen-bond donors (Lipinski definition) is 1. The SMILES string of the molecule is CNC(c1ccsc1)c1ccc(C)c2ccccc12. The predicted octanol–water partition coefficient (Wildman–Crippen LogP) is 4.52. The Bertz CT molecular complexity index is 686. The molecule has 2 heteroatoms. The Balaban J connectivity index is 2.22. The summed E-state index contributed by atoms with van der Waals surface area (Å²) in [7, 11) is 2.02. The minimum absolute atomic E-state index is 0.261. The van der Waals surface area contributed by atoms with E-state index in [1.165, 1.54) is 27.5 Å². The van der Waals surface area contributed by atoms with Crippen LogP contribution in [0.4, 0.5) is 0 Å². The third kappa shape index (κ3) is 2.18. The summed E-state index contributed by atoms with van der Waals surface area (Å²) >= 11 is 1.75. The lowest BCUT2D eigenvalue weighted by molar-refractivity contribution is 0.699. The van der Waals surface area contributed by atoms with Crippen molar-refractivity contribution in [2.75, 3.05) is 7.05 Å². The van der Waals surface area contributed by atoms with Crippen LogP contribution in [0.3, 0.4) is 0 Å². The van der Waals surface area contributed by atoms with Gasteiger partial charge in [0.25, 0.3) is 0 Å². The molecule has 2 aromatic carbocycles. The minimum atomic E-state index is 0.261. The van der Waals surface area contributed by atoms with Gasteiger partial charge in [-0.3, -0.25) is 0 Å². The van der Waals surface area contributed by atoms with Gasteiger partial charge >= 0.3 is 0 Å². The molecule has 0 aliphatic carbocycles. The van der Waals surface area contributed by atoms with Crippen LogP contribution in [0.5, 0.6) is 0 Å². The molecule has 0 fully saturated rings. The third-order valence-corrected chi connectivity index (χ3v) is 4.35. The van der Waals surface area contributed by atoms with Gasteiger partial charge in [-0.25, -0.2) is 0 Å². The van der Waals surface area contributed by atoms with Crippen molar-refractivity contribution < 1.29 is 0 Å². The molecule has 0 radical (unpaired) electrons. The maximum atomic E-state index is 3.44. The van der Waals surface area contributed by atoms with Crippen molar-refractivity contribution in [1.29, 1.82) is 0 Å². The summed E-state index contributed by atoms with van der Waals surface area (Å²) in [5.41, 5.74) is 4.02. The second kappa shape index (κ2) is 5.16. The van der Waals surface area contributed by atoms with E-state index in [1.54, 1.807) is 11.3 Å². The van der Waals surface area contributed by atoms with Gasteiger partial charge in [0.2, 0.25) is 0 Å². The first kappa shape index (κ1) is 12.4. The highest BCUT2D eigenvalue weighted by molar-refractivity contribution is 7.08. The Morgan fingerprint density at radius 1 is 1.00 bits per heavy atom. The molecular formula is C17H17NS. The van der Waals surface area contributed by atoms with E-state index in [0.29, 0.717) is 0 Å². The first-order valence-electron chi connectivity index (χ1n) is 6.49. The van der Waals surface area contributed by atoms with Crippen molar-refractivity contribution in [3.05, 3.63) is 69.9 Å². The smallest absolute Gasteiger partial charge is 0.0588 e. The number of benzene rings is 2. The molecule has 1 N–H and O–H groups in total. The molecule has 19 heavy (non-hydrogen) atoms. The fourth-order valence-corrected chi connectivity index (χ4v) is 3.35. The average Bonchev–Trinajstić information content (AvgIpc) is 2.96. The van der Waals surface area contributed by atoms with E-state index in [4.69, 9.17) is 0 Å². The minimum Gasteiger partial charge on any atom is -0.309 e. The van der Waals surface area contributed by atoms with E-state index in [0.717, 1.165) is 0 Å². The van der Waals surface area contributed by atoms with Gasteiger partial charge in [0.05, 0.1) is 6.04 Å². The molecule has 0 aliphatic heterocycles. The summed E-state index contributed by atoms with van der Waals surface area (Å²) in [6.07, 6.45) is 0. The lowest BCUT2D eigenvalue weighted by Crippen LogP contribution is -2.17. The Labute approximate surface area is 117 Å². The number of nitrogens with one attached hydrogen (secondary N) is 1. The molecule has 1 atom stereocenters. The molecule has 0 amide bonds. The number of aryl methyl sites for hydroxylation is 1. The predicted molar refractivity (Wildman–Crippen MR) is 83.9 cm³/mol. The maximum Gasteiger partial charge on any atom is 0.0588 e. The molecule has 3 aromatic rings. The third-order valence-electron chi connectivity index (χ3n) is 3.65. The topological polar surface area (TPSA) is 12.0 Å². The average molecular weight is 267 g/mol. The summed E-state index contributed by atoms with van der Waals surface area (Å²) in [5, 5.41) is 10.5. The van der Waals surface area contributed by atoms with Crippen LogP contribution in [0.15, 0.2) is 53.2 Å². The fraction of sp³-hybridized carbons (Fsp3) is 0.176. The standard InChI is InChI=1S/C17H17NS/c1-12-7-8-16(15-6-4-3-5-14(12)15)17(18-2)13-9-10-19-11-13/h3-11,17-18H,1-2H3. The van der Waals surface area contributed by atoms with Gasteiger partial charge in [-0.2, -0.15) is 11.3 Å². The van der Waals surface area contributed by atoms with Crippen LogP contribution >= 0.6 is 11.3 Å². The van der Waals surface area contributed by atoms with Crippen molar-refractivity contribution in [2.45, 2.75) is 13.0 Å². The molecule has 1 aromatic heterocycles. The first-order valence-corrected chi connectivity index (χ1v) is 7.43. The van der Waals surface area contributed by atoms with Gasteiger partial charge in [-0.05, 0) is 58.3 Å². The number of thiophene rings is 1. The van der Waals surface area contributed by atoms with Gasteiger partial charge in [-0.1, -0.05) is 36.4 Å². The molecule has 1 nitrogen and oxygen atoms in total. The van der Waals surface area contributed by atoms with Crippen LogP contribution in [-0.2, 0) is 0 Å². The van der Waals surface area contributed by atoms with E-state index in [1.807, 2.05) is 7.05 Å². The van der Waals surface area contributed by atoms with Gasteiger partial charge in [0.15, 0.2) is 0 Å². The largest absolute Gasteiger partial charge is 0.309 e. The monoisotopic (exact) mass is 267 g/mol. The van der Waals surface area contributed by atoms with Gasteiger partial charge in [0.1, 0.15) is 0 Å². The molecule has 1 unspecified atom stereocenters. The zero-order chi connectivity index (χ0) is 13.2. The van der Waals surface area contributed by atoms with Crippen molar-refractivity contribution >= 4 is 22.1 Å². The second-order valence-electron chi connectivity index (χ2n) is 4.80. The van der Waals surface area contributed by atoms with Crippen LogP contribution in [0.25, 0.3) is 10.8 Å². The van der Waals surface area contributed by atoms with E-state index in [9.17, 15) is 0 Å². The number of rotatable bonds is 3. The maximum absolute atomic E-state index is 3.44. The van der Waals surface area contributed by atoms with Gasteiger partial charge in [0, 0.05) is 0 Å². The Morgan fingerprint density at radius 3 is 2.47 bits per heavy atom. The van der Waals surface area contributed by atoms with Crippen molar-refractivity contribution in [3.8, 4) is 0 Å². The highest BCUT2D eigenvalue weighted by atomic mass is 32.1. The fourth-order valence-electron chi connectivity index (χ4n) is 2.67. The van der Waals surface area contributed by atoms with Crippen LogP contribution < -0.4 is 5.32 Å². The van der Waals surface area contributed by atoms with Gasteiger partial charge in [-0.15, -0.1) is 0 Å². The molecule has 0 spiro atoms. The summed E-state index contributed by atoms with van der Waals surface area (Å²) in [5.74, 6) is 0. The van der Waals surface area contributed by atoms with Crippen LogP contribution in [0, 0.1) is 6.92 Å². The highest BCUT2D eigenvalue weighted by Gasteiger charge is 2.15. The molecule has 3 rings (SSSR count). The molecule has 0 aliphatic rings. The Hall–Kier alpha value is -1.64. The summed E-state index contributed by atoms with van der Waals surface area (Å²) < 4.78 is 0. The molecule has 0 saturated carbocycles. The zero-order valence-electron chi connectivity index (χ0n) is 11.2. The molecule has 96 valence electrons. The van der Waals surface area contributed by atoms with E-state index in [-0.39, 0.29) is 6.04 Å². The molecule has 0 bridgehead atoms. The quantitative estimate of drug-likeness (QED) is 0.735. The van der Waals surface area contributed by atoms with E-state index >= 15 is 0 Å². The second-order valence-corrected chi connectivity index (χ2v) is 5.58. The molecule has 1 heterocycles. The lowest BCUT2D eigenvalue weighted by Gasteiger charge is -2.18. The van der Waals surface area contributed by atoms with Crippen molar-refractivity contribution in [3.63, 3.8) is 0 Å². The Morgan fingerprint density at radius 2 is 1.79 bits per heavy atom. The zero-order valence-corrected chi connectivity index (χ0v) is 12.0. The molecule has 0 saturated heterocycles. The van der Waals surface area contributed by atoms with Crippen LogP contribution in [0.1, 0.15) is 22.7 Å². The number of hydrogen-bond acceptors (Lipinski definition) is 2. The lowest BCUT2D eigenvalue weighted by atomic mass is 9.93. The van der Waals surface area contributed by atoms with E-state index < -0.39 is 0 Å². The normalized spacial score (nSPS) is 12.7. The van der Waals surface area contributed by atoms with Crippen LogP contribution in [0.2, 0.25) is 0 Å². The first-order chi connectivity index (χ1) is 9.31. The highest BCUT2D eigenvalue weighted by Crippen LogP contribution is 2.31. The van der Waals surface area contributed by atoms with Crippen molar-refractivity contribution in [2.24, 2.45) is 0 Å². The summed E-state index contributed by atoms with van der Waals surface area (Å²) in [6, 6.07) is 15.6. The summed E-state index contributed by atoms with van der Waals surface area (Å²) in [4.78, 5) is 0.